The lowest BCUT2D eigenvalue weighted by molar-refractivity contribution is -0.138. The van der Waals surface area contributed by atoms with E-state index in [-0.39, 0.29) is 23.3 Å². The second-order valence-electron chi connectivity index (χ2n) is 7.77. The number of hydrogen-bond acceptors (Lipinski definition) is 3. The highest BCUT2D eigenvalue weighted by Gasteiger charge is 2.39. The number of nitrogens with zero attached hydrogens (tertiary/aromatic N) is 2. The van der Waals surface area contributed by atoms with Gasteiger partial charge >= 0.3 is 0 Å². The molecule has 3 atom stereocenters. The molecule has 0 aliphatic carbocycles. The van der Waals surface area contributed by atoms with Crippen LogP contribution >= 0.6 is 0 Å². The minimum Gasteiger partial charge on any atom is -0.342 e. The Morgan fingerprint density at radius 3 is 2.27 bits per heavy atom. The van der Waals surface area contributed by atoms with Crippen molar-refractivity contribution in [1.29, 1.82) is 0 Å². The average Bonchev–Trinajstić information content (AvgIpc) is 2.71. The van der Waals surface area contributed by atoms with Gasteiger partial charge < -0.3 is 10.2 Å². The highest BCUT2D eigenvalue weighted by molar-refractivity contribution is 5.91. The first-order valence-corrected chi connectivity index (χ1v) is 7.91. The number of likely N-dealkylation sites (N-methyl/N-ethyl adjacent to an activating group) is 1. The summed E-state index contributed by atoms with van der Waals surface area (Å²) in [5.74, 6) is 0.241. The molecule has 1 aliphatic rings. The summed E-state index contributed by atoms with van der Waals surface area (Å²) in [5.41, 5.74) is 0.492. The smallest absolute Gasteiger partial charge is 0.249 e. The van der Waals surface area contributed by atoms with Crippen molar-refractivity contribution < 1.29 is 9.59 Å². The van der Waals surface area contributed by atoms with E-state index in [2.05, 4.69) is 18.8 Å². The van der Waals surface area contributed by atoms with Gasteiger partial charge in [-0.3, -0.25) is 14.5 Å². The molecule has 0 aromatic rings. The van der Waals surface area contributed by atoms with E-state index >= 15 is 0 Å². The number of amides is 2. The number of hydrogen-bond donors (Lipinski definition) is 1. The van der Waals surface area contributed by atoms with Gasteiger partial charge in [0.15, 0.2) is 0 Å². The van der Waals surface area contributed by atoms with Gasteiger partial charge in [-0.1, -0.05) is 34.3 Å². The second-order valence-corrected chi connectivity index (χ2v) is 7.77. The summed E-state index contributed by atoms with van der Waals surface area (Å²) in [4.78, 5) is 28.8. The van der Waals surface area contributed by atoms with E-state index in [4.69, 9.17) is 0 Å². The Morgan fingerprint density at radius 1 is 1.36 bits per heavy atom. The molecule has 1 aliphatic heterocycles. The molecule has 1 saturated heterocycles. The summed E-state index contributed by atoms with van der Waals surface area (Å²) >= 11 is 0. The Balaban J connectivity index is 2.92. The molecule has 126 valence electrons. The van der Waals surface area contributed by atoms with Gasteiger partial charge in [0.2, 0.25) is 11.8 Å². The quantitative estimate of drug-likeness (QED) is 0.862. The van der Waals surface area contributed by atoms with Crippen LogP contribution in [-0.2, 0) is 9.59 Å². The van der Waals surface area contributed by atoms with Gasteiger partial charge in [-0.2, -0.15) is 0 Å². The summed E-state index contributed by atoms with van der Waals surface area (Å²) in [7, 11) is 3.70. The molecule has 1 unspecified atom stereocenters. The van der Waals surface area contributed by atoms with E-state index in [0.29, 0.717) is 12.5 Å². The van der Waals surface area contributed by atoms with Crippen molar-refractivity contribution in [2.45, 2.75) is 53.1 Å². The lowest BCUT2D eigenvalue weighted by atomic mass is 9.85. The largest absolute Gasteiger partial charge is 0.342 e. The Hall–Kier alpha value is -1.36. The number of carbonyl (C=O) groups is 2. The van der Waals surface area contributed by atoms with Crippen LogP contribution in [0.25, 0.3) is 0 Å². The van der Waals surface area contributed by atoms with Gasteiger partial charge in [-0.15, -0.1) is 0 Å². The van der Waals surface area contributed by atoms with Crippen molar-refractivity contribution in [2.24, 2.45) is 11.3 Å². The molecular weight excluding hydrogens is 278 g/mol. The van der Waals surface area contributed by atoms with Crippen molar-refractivity contribution in [1.82, 2.24) is 15.1 Å². The minimum absolute atomic E-state index is 0.0545. The van der Waals surface area contributed by atoms with Gasteiger partial charge in [-0.25, -0.2) is 0 Å². The first-order valence-electron chi connectivity index (χ1n) is 7.91. The zero-order valence-electron chi connectivity index (χ0n) is 15.1. The molecule has 0 radical (unpaired) electrons. The van der Waals surface area contributed by atoms with Gasteiger partial charge in [0, 0.05) is 12.2 Å². The molecule has 1 fully saturated rings. The first kappa shape index (κ1) is 18.7. The summed E-state index contributed by atoms with van der Waals surface area (Å²) in [6, 6.07) is -0.831. The van der Waals surface area contributed by atoms with Gasteiger partial charge in [0.1, 0.15) is 6.04 Å². The Kier molecular flexibility index (Phi) is 5.79. The molecule has 5 nitrogen and oxygen atoms in total. The fourth-order valence-corrected chi connectivity index (χ4v) is 2.57. The summed E-state index contributed by atoms with van der Waals surface area (Å²) in [6.07, 6.45) is 0.838. The minimum atomic E-state index is -0.551. The second kappa shape index (κ2) is 6.82. The molecule has 0 saturated carbocycles. The van der Waals surface area contributed by atoms with Crippen molar-refractivity contribution >= 4 is 11.8 Å². The third-order valence-corrected chi connectivity index (χ3v) is 4.28. The lowest BCUT2D eigenvalue weighted by Crippen LogP contribution is -2.57. The summed E-state index contributed by atoms with van der Waals surface area (Å²) in [5, 5.41) is 2.94. The van der Waals surface area contributed by atoms with E-state index in [1.165, 1.54) is 0 Å². The number of carbonyl (C=O) groups excluding carboxylic acids is 2. The predicted octanol–water partition coefficient (Wildman–Crippen LogP) is 1.85. The number of nitrogens with one attached hydrogen (secondary N) is 1. The number of allylic oxidation sites excluding steroid dienone is 1. The highest BCUT2D eigenvalue weighted by Crippen LogP contribution is 2.29. The molecule has 2 amide bonds. The molecule has 1 heterocycles. The van der Waals surface area contributed by atoms with Crippen LogP contribution in [0.15, 0.2) is 12.3 Å². The van der Waals surface area contributed by atoms with Crippen LogP contribution in [0.2, 0.25) is 0 Å². The zero-order valence-corrected chi connectivity index (χ0v) is 15.1. The van der Waals surface area contributed by atoms with E-state index in [0.717, 1.165) is 12.1 Å². The van der Waals surface area contributed by atoms with Crippen LogP contribution in [0.1, 0.15) is 41.0 Å². The Labute approximate surface area is 134 Å². The maximum absolute atomic E-state index is 12.9. The predicted molar refractivity (Wildman–Crippen MR) is 89.2 cm³/mol. The monoisotopic (exact) mass is 309 g/mol. The lowest BCUT2D eigenvalue weighted by Gasteiger charge is -2.35. The molecule has 1 rings (SSSR count). The maximum atomic E-state index is 12.9. The topological polar surface area (TPSA) is 52.7 Å². The van der Waals surface area contributed by atoms with Crippen LogP contribution in [0.3, 0.4) is 0 Å². The normalized spacial score (nSPS) is 21.9. The molecule has 1 N–H and O–H groups in total. The molecule has 0 bridgehead atoms. The third kappa shape index (κ3) is 4.32. The van der Waals surface area contributed by atoms with Crippen LogP contribution in [-0.4, -0.2) is 54.3 Å². The van der Waals surface area contributed by atoms with Gasteiger partial charge in [0.25, 0.3) is 0 Å². The highest BCUT2D eigenvalue weighted by atomic mass is 16.2. The zero-order chi connectivity index (χ0) is 17.2. The fourth-order valence-electron chi connectivity index (χ4n) is 2.57. The van der Waals surface area contributed by atoms with Crippen molar-refractivity contribution in [2.75, 3.05) is 20.6 Å². The van der Waals surface area contributed by atoms with Crippen molar-refractivity contribution in [3.63, 3.8) is 0 Å². The summed E-state index contributed by atoms with van der Waals surface area (Å²) in [6.45, 7) is 14.5. The molecular formula is C17H31N3O2. The van der Waals surface area contributed by atoms with E-state index in [1.807, 2.05) is 46.7 Å². The van der Waals surface area contributed by atoms with E-state index < -0.39 is 6.04 Å². The van der Waals surface area contributed by atoms with Crippen LogP contribution in [0, 0.1) is 11.3 Å². The SMILES string of the molecule is C=C1C[C@H](C)CN1C(=O)C(NC(=O)[C@H](C)N(C)C)C(C)(C)C. The number of rotatable bonds is 4. The maximum Gasteiger partial charge on any atom is 0.249 e. The molecule has 22 heavy (non-hydrogen) atoms. The Bertz CT molecular complexity index is 451. The standard InChI is InChI=1S/C17H31N3O2/c1-11-9-12(2)20(10-11)16(22)14(17(4,5)6)18-15(21)13(3)19(7)8/h11,13-14H,2,9-10H2,1,3-8H3,(H,18,21)/t11-,13-,14?/m0/s1. The van der Waals surface area contributed by atoms with Crippen molar-refractivity contribution in [3.05, 3.63) is 12.3 Å². The van der Waals surface area contributed by atoms with Crippen LogP contribution in [0.4, 0.5) is 0 Å². The van der Waals surface area contributed by atoms with E-state index in [1.54, 1.807) is 4.90 Å². The third-order valence-electron chi connectivity index (χ3n) is 4.28. The van der Waals surface area contributed by atoms with Gasteiger partial charge in [0.05, 0.1) is 6.04 Å². The molecule has 0 spiro atoms. The average molecular weight is 309 g/mol. The Morgan fingerprint density at radius 2 is 1.91 bits per heavy atom. The summed E-state index contributed by atoms with van der Waals surface area (Å²) < 4.78 is 0. The van der Waals surface area contributed by atoms with E-state index in [9.17, 15) is 9.59 Å². The van der Waals surface area contributed by atoms with Crippen LogP contribution in [0.5, 0.6) is 0 Å². The number of likely N-dealkylation sites (tertiary alicyclic amines) is 1. The van der Waals surface area contributed by atoms with Crippen LogP contribution < -0.4 is 5.32 Å². The van der Waals surface area contributed by atoms with Gasteiger partial charge in [-0.05, 0) is 38.8 Å². The molecule has 5 heteroatoms. The van der Waals surface area contributed by atoms with Crippen molar-refractivity contribution in [3.8, 4) is 0 Å². The first-order chi connectivity index (χ1) is 9.95. The molecule has 0 aromatic carbocycles. The molecule has 0 aromatic heterocycles. The fraction of sp³-hybridized carbons (Fsp3) is 0.765.